The summed E-state index contributed by atoms with van der Waals surface area (Å²) in [5, 5.41) is 8.14. The normalized spacial score (nSPS) is 11.2. The smallest absolute Gasteiger partial charge is 0.203 e. The monoisotopic (exact) mass is 282 g/mol. The van der Waals surface area contributed by atoms with Gasteiger partial charge >= 0.3 is 0 Å². The van der Waals surface area contributed by atoms with Crippen LogP contribution in [0.4, 0.5) is 5.82 Å². The van der Waals surface area contributed by atoms with E-state index in [0.29, 0.717) is 12.5 Å². The highest BCUT2D eigenvalue weighted by atomic mass is 15.3. The van der Waals surface area contributed by atoms with E-state index < -0.39 is 0 Å². The van der Waals surface area contributed by atoms with Gasteiger partial charge in [0.1, 0.15) is 6.33 Å². The Bertz CT molecular complexity index is 706. The molecule has 0 radical (unpaired) electrons. The van der Waals surface area contributed by atoms with Crippen molar-refractivity contribution >= 4 is 11.5 Å². The summed E-state index contributed by atoms with van der Waals surface area (Å²) in [6.07, 6.45) is 7.13. The number of pyridine rings is 1. The van der Waals surface area contributed by atoms with Crippen molar-refractivity contribution in [2.45, 2.75) is 20.4 Å². The van der Waals surface area contributed by atoms with Gasteiger partial charge in [0.15, 0.2) is 5.82 Å². The number of hydrogen-bond acceptors (Lipinski definition) is 5. The molecule has 0 amide bonds. The van der Waals surface area contributed by atoms with E-state index in [0.717, 1.165) is 23.7 Å². The van der Waals surface area contributed by atoms with Crippen LogP contribution in [0.15, 0.2) is 43.1 Å². The Labute approximate surface area is 123 Å². The van der Waals surface area contributed by atoms with Gasteiger partial charge in [-0.1, -0.05) is 19.9 Å². The highest BCUT2D eigenvalue weighted by Gasteiger charge is 2.16. The number of anilines is 1. The molecular weight excluding hydrogens is 264 g/mol. The summed E-state index contributed by atoms with van der Waals surface area (Å²) >= 11 is 0. The summed E-state index contributed by atoms with van der Waals surface area (Å²) < 4.78 is 1.88. The first kappa shape index (κ1) is 13.5. The first-order chi connectivity index (χ1) is 10.2. The van der Waals surface area contributed by atoms with E-state index in [2.05, 4.69) is 38.9 Å². The number of fused-ring (bicyclic) bond motifs is 1. The number of hydrogen-bond donors (Lipinski definition) is 0. The third kappa shape index (κ3) is 2.99. The van der Waals surface area contributed by atoms with E-state index in [4.69, 9.17) is 0 Å². The van der Waals surface area contributed by atoms with Crippen LogP contribution in [0.25, 0.3) is 5.65 Å². The maximum absolute atomic E-state index is 4.50. The zero-order valence-electron chi connectivity index (χ0n) is 12.2. The molecule has 0 bridgehead atoms. The molecule has 3 rings (SSSR count). The third-order valence-electron chi connectivity index (χ3n) is 3.16. The van der Waals surface area contributed by atoms with Crippen LogP contribution in [0, 0.1) is 5.92 Å². The first-order valence-electron chi connectivity index (χ1n) is 7.03. The van der Waals surface area contributed by atoms with Gasteiger partial charge in [0.05, 0.1) is 12.2 Å². The second-order valence-electron chi connectivity index (χ2n) is 5.41. The third-order valence-corrected chi connectivity index (χ3v) is 3.16. The maximum Gasteiger partial charge on any atom is 0.203 e. The van der Waals surface area contributed by atoms with Crippen molar-refractivity contribution in [2.24, 2.45) is 5.92 Å². The fourth-order valence-electron chi connectivity index (χ4n) is 2.32. The van der Waals surface area contributed by atoms with E-state index in [-0.39, 0.29) is 0 Å². The molecule has 0 unspecified atom stereocenters. The van der Waals surface area contributed by atoms with E-state index in [1.165, 1.54) is 0 Å². The van der Waals surface area contributed by atoms with Crippen LogP contribution in [0.2, 0.25) is 0 Å². The van der Waals surface area contributed by atoms with E-state index in [1.807, 2.05) is 35.0 Å². The molecule has 0 atom stereocenters. The summed E-state index contributed by atoms with van der Waals surface area (Å²) in [6, 6.07) is 5.95. The van der Waals surface area contributed by atoms with Gasteiger partial charge in [-0.2, -0.15) is 0 Å². The van der Waals surface area contributed by atoms with Gasteiger partial charge in [-0.15, -0.1) is 10.2 Å². The van der Waals surface area contributed by atoms with Gasteiger partial charge < -0.3 is 4.90 Å². The zero-order chi connectivity index (χ0) is 14.7. The molecule has 3 aromatic rings. The lowest BCUT2D eigenvalue weighted by atomic mass is 10.2. The minimum absolute atomic E-state index is 0.513. The van der Waals surface area contributed by atoms with Crippen molar-refractivity contribution < 1.29 is 0 Å². The summed E-state index contributed by atoms with van der Waals surface area (Å²) in [5.41, 5.74) is 1.79. The van der Waals surface area contributed by atoms with E-state index >= 15 is 0 Å². The predicted octanol–water partition coefficient (Wildman–Crippen LogP) is 2.18. The van der Waals surface area contributed by atoms with Gasteiger partial charge in [0, 0.05) is 25.1 Å². The number of rotatable bonds is 5. The Kier molecular flexibility index (Phi) is 3.77. The van der Waals surface area contributed by atoms with Crippen LogP contribution in [0.5, 0.6) is 0 Å². The molecule has 6 nitrogen and oxygen atoms in total. The molecule has 3 aromatic heterocycles. The fourth-order valence-corrected chi connectivity index (χ4v) is 2.32. The topological polar surface area (TPSA) is 59.2 Å². The average Bonchev–Trinajstić information content (AvgIpc) is 2.95. The largest absolute Gasteiger partial charge is 0.347 e. The maximum atomic E-state index is 4.50. The molecule has 0 aliphatic heterocycles. The van der Waals surface area contributed by atoms with Crippen molar-refractivity contribution in [1.82, 2.24) is 24.6 Å². The van der Waals surface area contributed by atoms with Crippen LogP contribution in [0.1, 0.15) is 19.5 Å². The molecular formula is C15H18N6. The minimum atomic E-state index is 0.513. The highest BCUT2D eigenvalue weighted by Crippen LogP contribution is 2.19. The average molecular weight is 282 g/mol. The Morgan fingerprint density at radius 2 is 2.10 bits per heavy atom. The second kappa shape index (κ2) is 5.87. The summed E-state index contributed by atoms with van der Waals surface area (Å²) in [4.78, 5) is 11.1. The lowest BCUT2D eigenvalue weighted by Crippen LogP contribution is -2.29. The van der Waals surface area contributed by atoms with Gasteiger partial charge in [0.2, 0.25) is 5.65 Å². The van der Waals surface area contributed by atoms with Crippen molar-refractivity contribution in [3.8, 4) is 0 Å². The Morgan fingerprint density at radius 1 is 1.19 bits per heavy atom. The van der Waals surface area contributed by atoms with Gasteiger partial charge in [-0.25, -0.2) is 4.98 Å². The molecule has 0 aliphatic carbocycles. The lowest BCUT2D eigenvalue weighted by molar-refractivity contribution is 0.601. The molecule has 0 saturated carbocycles. The van der Waals surface area contributed by atoms with Gasteiger partial charge in [-0.3, -0.25) is 9.38 Å². The molecule has 0 N–H and O–H groups in total. The standard InChI is InChI=1S/C15H18N6/c1-12(2)9-21(10-13-5-3-4-6-16-13)14-15-19-18-11-20(15)8-7-17-14/h3-8,11-12H,9-10H2,1-2H3. The van der Waals surface area contributed by atoms with Crippen LogP contribution < -0.4 is 4.90 Å². The summed E-state index contributed by atoms with van der Waals surface area (Å²) in [5.74, 6) is 1.35. The predicted molar refractivity (Wildman–Crippen MR) is 80.9 cm³/mol. The molecule has 0 spiro atoms. The van der Waals surface area contributed by atoms with Crippen molar-refractivity contribution in [2.75, 3.05) is 11.4 Å². The number of nitrogens with zero attached hydrogens (tertiary/aromatic N) is 6. The van der Waals surface area contributed by atoms with Crippen LogP contribution in [-0.2, 0) is 6.54 Å². The van der Waals surface area contributed by atoms with Crippen molar-refractivity contribution in [3.63, 3.8) is 0 Å². The molecule has 0 fully saturated rings. The fraction of sp³-hybridized carbons (Fsp3) is 0.333. The second-order valence-corrected chi connectivity index (χ2v) is 5.41. The van der Waals surface area contributed by atoms with Crippen LogP contribution >= 0.6 is 0 Å². The summed E-state index contributed by atoms with van der Waals surface area (Å²) in [7, 11) is 0. The first-order valence-corrected chi connectivity index (χ1v) is 7.03. The van der Waals surface area contributed by atoms with Crippen LogP contribution in [0.3, 0.4) is 0 Å². The molecule has 0 aliphatic rings. The van der Waals surface area contributed by atoms with E-state index in [1.54, 1.807) is 12.5 Å². The molecule has 6 heteroatoms. The Hall–Kier alpha value is -2.50. The van der Waals surface area contributed by atoms with E-state index in [9.17, 15) is 0 Å². The van der Waals surface area contributed by atoms with Gasteiger partial charge in [-0.05, 0) is 18.1 Å². The van der Waals surface area contributed by atoms with Gasteiger partial charge in [0.25, 0.3) is 0 Å². The quantitative estimate of drug-likeness (QED) is 0.718. The molecule has 0 saturated heterocycles. The zero-order valence-corrected chi connectivity index (χ0v) is 12.2. The molecule has 108 valence electrons. The van der Waals surface area contributed by atoms with Crippen molar-refractivity contribution in [3.05, 3.63) is 48.8 Å². The number of aromatic nitrogens is 5. The molecule has 3 heterocycles. The summed E-state index contributed by atoms with van der Waals surface area (Å²) in [6.45, 7) is 5.97. The van der Waals surface area contributed by atoms with Crippen LogP contribution in [-0.4, -0.2) is 31.1 Å². The Balaban J connectivity index is 1.97. The lowest BCUT2D eigenvalue weighted by Gasteiger charge is -2.25. The minimum Gasteiger partial charge on any atom is -0.347 e. The van der Waals surface area contributed by atoms with Crippen molar-refractivity contribution in [1.29, 1.82) is 0 Å². The molecule has 0 aromatic carbocycles. The SMILES string of the molecule is CC(C)CN(Cc1ccccn1)c1nccn2cnnc12. The highest BCUT2D eigenvalue weighted by molar-refractivity contribution is 5.63. The molecule has 21 heavy (non-hydrogen) atoms. The Morgan fingerprint density at radius 3 is 2.86 bits per heavy atom.